The zero-order chi connectivity index (χ0) is 14.9. The molecule has 1 aliphatic heterocycles. The minimum absolute atomic E-state index is 0.137. The second kappa shape index (κ2) is 9.18. The predicted molar refractivity (Wildman–Crippen MR) is 88.5 cm³/mol. The molecule has 1 saturated heterocycles. The van der Waals surface area contributed by atoms with Gasteiger partial charge in [0.15, 0.2) is 0 Å². The van der Waals surface area contributed by atoms with Crippen molar-refractivity contribution in [3.8, 4) is 0 Å². The molecule has 1 amide bonds. The van der Waals surface area contributed by atoms with Crippen molar-refractivity contribution < 1.29 is 4.79 Å². The first-order valence-corrected chi connectivity index (χ1v) is 8.90. The molecule has 1 unspecified atom stereocenters. The lowest BCUT2D eigenvalue weighted by Crippen LogP contribution is -2.43. The first-order chi connectivity index (χ1) is 10.3. The summed E-state index contributed by atoms with van der Waals surface area (Å²) in [5, 5.41) is 8.59. The Hall–Kier alpha value is -0.910. The van der Waals surface area contributed by atoms with Gasteiger partial charge in [0.1, 0.15) is 0 Å². The van der Waals surface area contributed by atoms with Gasteiger partial charge in [-0.15, -0.1) is 11.3 Å². The second-order valence-corrected chi connectivity index (χ2v) is 6.77. The van der Waals surface area contributed by atoms with Crippen LogP contribution >= 0.6 is 11.3 Å². The molecule has 1 fully saturated rings. The molecule has 0 spiro atoms. The van der Waals surface area contributed by atoms with Gasteiger partial charge >= 0.3 is 0 Å². The van der Waals surface area contributed by atoms with Crippen LogP contribution in [0.4, 0.5) is 0 Å². The molecule has 2 N–H and O–H groups in total. The zero-order valence-electron chi connectivity index (χ0n) is 12.9. The van der Waals surface area contributed by atoms with Crippen LogP contribution in [0.25, 0.3) is 0 Å². The fourth-order valence-electron chi connectivity index (χ4n) is 2.70. The number of carbonyl (C=O) groups excluding carboxylic acids is 1. The number of hydrogen-bond acceptors (Lipinski definition) is 4. The van der Waals surface area contributed by atoms with Gasteiger partial charge in [-0.3, -0.25) is 9.69 Å². The van der Waals surface area contributed by atoms with E-state index in [2.05, 4.69) is 28.5 Å². The van der Waals surface area contributed by atoms with Crippen LogP contribution in [0, 0.1) is 0 Å². The summed E-state index contributed by atoms with van der Waals surface area (Å²) in [4.78, 5) is 15.6. The third-order valence-electron chi connectivity index (χ3n) is 3.88. The molecule has 4 nitrogen and oxygen atoms in total. The van der Waals surface area contributed by atoms with E-state index in [-0.39, 0.29) is 5.91 Å². The van der Waals surface area contributed by atoms with Crippen LogP contribution in [0.5, 0.6) is 0 Å². The van der Waals surface area contributed by atoms with Crippen molar-refractivity contribution in [2.24, 2.45) is 0 Å². The molecule has 1 atom stereocenters. The number of unbranched alkanes of at least 4 members (excludes halogenated alkanes) is 1. The molecule has 0 saturated carbocycles. The fraction of sp³-hybridized carbons (Fsp3) is 0.688. The highest BCUT2D eigenvalue weighted by Gasteiger charge is 2.19. The maximum atomic E-state index is 12.1. The van der Waals surface area contributed by atoms with Gasteiger partial charge in [-0.25, -0.2) is 0 Å². The maximum Gasteiger partial charge on any atom is 0.234 e. The van der Waals surface area contributed by atoms with Gasteiger partial charge in [0.2, 0.25) is 5.91 Å². The van der Waals surface area contributed by atoms with Crippen molar-refractivity contribution in [2.75, 3.05) is 26.2 Å². The largest absolute Gasteiger partial charge is 0.350 e. The topological polar surface area (TPSA) is 44.4 Å². The van der Waals surface area contributed by atoms with Crippen molar-refractivity contribution >= 4 is 17.2 Å². The Morgan fingerprint density at radius 3 is 3.14 bits per heavy atom. The van der Waals surface area contributed by atoms with E-state index in [4.69, 9.17) is 0 Å². The number of carbonyl (C=O) groups is 1. The molecule has 118 valence electrons. The summed E-state index contributed by atoms with van der Waals surface area (Å²) in [5.41, 5.74) is 0. The van der Waals surface area contributed by atoms with Crippen LogP contribution in [0.2, 0.25) is 0 Å². The van der Waals surface area contributed by atoms with Crippen molar-refractivity contribution in [1.82, 2.24) is 15.5 Å². The average Bonchev–Trinajstić information content (AvgIpc) is 3.15. The Morgan fingerprint density at radius 2 is 2.48 bits per heavy atom. The van der Waals surface area contributed by atoms with Crippen molar-refractivity contribution in [1.29, 1.82) is 0 Å². The van der Waals surface area contributed by atoms with Crippen LogP contribution < -0.4 is 10.6 Å². The average molecular weight is 309 g/mol. The molecule has 0 bridgehead atoms. The van der Waals surface area contributed by atoms with Crippen LogP contribution in [-0.4, -0.2) is 43.0 Å². The van der Waals surface area contributed by atoms with Crippen molar-refractivity contribution in [3.63, 3.8) is 0 Å². The van der Waals surface area contributed by atoms with Gasteiger partial charge in [-0.1, -0.05) is 19.4 Å². The number of nitrogens with one attached hydrogen (secondary N) is 2. The first-order valence-electron chi connectivity index (χ1n) is 8.02. The molecule has 5 heteroatoms. The normalized spacial score (nSPS) is 18.3. The van der Waals surface area contributed by atoms with E-state index < -0.39 is 0 Å². The SMILES string of the molecule is CCCCN(CC(=O)NCc1cccs1)CC1CCCN1. The maximum absolute atomic E-state index is 12.1. The number of rotatable bonds is 9. The molecule has 2 rings (SSSR count). The number of amides is 1. The Balaban J connectivity index is 1.74. The predicted octanol–water partition coefficient (Wildman–Crippen LogP) is 2.22. The Kier molecular flexibility index (Phi) is 7.19. The Morgan fingerprint density at radius 1 is 1.57 bits per heavy atom. The van der Waals surface area contributed by atoms with Crippen LogP contribution in [-0.2, 0) is 11.3 Å². The highest BCUT2D eigenvalue weighted by molar-refractivity contribution is 7.09. The molecule has 0 aliphatic carbocycles. The number of hydrogen-bond donors (Lipinski definition) is 2. The Bertz CT molecular complexity index is 402. The van der Waals surface area contributed by atoms with E-state index >= 15 is 0 Å². The minimum atomic E-state index is 0.137. The van der Waals surface area contributed by atoms with Gasteiger partial charge in [-0.2, -0.15) is 0 Å². The van der Waals surface area contributed by atoms with Crippen molar-refractivity contribution in [3.05, 3.63) is 22.4 Å². The molecular formula is C16H27N3OS. The monoisotopic (exact) mass is 309 g/mol. The van der Waals surface area contributed by atoms with Crippen LogP contribution in [0.3, 0.4) is 0 Å². The van der Waals surface area contributed by atoms with E-state index in [1.54, 1.807) is 11.3 Å². The minimum Gasteiger partial charge on any atom is -0.350 e. The van der Waals surface area contributed by atoms with Gasteiger partial charge in [0.25, 0.3) is 0 Å². The Labute approximate surface area is 131 Å². The summed E-state index contributed by atoms with van der Waals surface area (Å²) in [7, 11) is 0. The van der Waals surface area contributed by atoms with E-state index in [0.717, 1.165) is 26.1 Å². The molecule has 1 aromatic heterocycles. The number of thiophene rings is 1. The zero-order valence-corrected chi connectivity index (χ0v) is 13.8. The van der Waals surface area contributed by atoms with Gasteiger partial charge in [0.05, 0.1) is 13.1 Å². The molecule has 1 aromatic rings. The summed E-state index contributed by atoms with van der Waals surface area (Å²) in [6.07, 6.45) is 4.83. The third kappa shape index (κ3) is 6.16. The molecule has 0 aromatic carbocycles. The fourth-order valence-corrected chi connectivity index (χ4v) is 3.34. The van der Waals surface area contributed by atoms with E-state index in [1.165, 1.54) is 24.1 Å². The third-order valence-corrected chi connectivity index (χ3v) is 4.75. The second-order valence-electron chi connectivity index (χ2n) is 5.74. The first kappa shape index (κ1) is 16.5. The summed E-state index contributed by atoms with van der Waals surface area (Å²) in [6, 6.07) is 4.64. The van der Waals surface area contributed by atoms with Gasteiger partial charge in [-0.05, 0) is 43.8 Å². The van der Waals surface area contributed by atoms with Gasteiger partial charge < -0.3 is 10.6 Å². The highest BCUT2D eigenvalue weighted by Crippen LogP contribution is 2.09. The van der Waals surface area contributed by atoms with Crippen molar-refractivity contribution in [2.45, 2.75) is 45.2 Å². The molecule has 21 heavy (non-hydrogen) atoms. The molecule has 2 heterocycles. The lowest BCUT2D eigenvalue weighted by Gasteiger charge is -2.25. The van der Waals surface area contributed by atoms with Crippen LogP contribution in [0.15, 0.2) is 17.5 Å². The van der Waals surface area contributed by atoms with E-state index in [9.17, 15) is 4.79 Å². The summed E-state index contributed by atoms with van der Waals surface area (Å²) in [5.74, 6) is 0.137. The smallest absolute Gasteiger partial charge is 0.234 e. The van der Waals surface area contributed by atoms with E-state index in [1.807, 2.05) is 11.4 Å². The van der Waals surface area contributed by atoms with E-state index in [0.29, 0.717) is 19.1 Å². The lowest BCUT2D eigenvalue weighted by atomic mass is 10.2. The lowest BCUT2D eigenvalue weighted by molar-refractivity contribution is -0.122. The molecule has 1 aliphatic rings. The summed E-state index contributed by atoms with van der Waals surface area (Å²) >= 11 is 1.69. The highest BCUT2D eigenvalue weighted by atomic mass is 32.1. The number of nitrogens with zero attached hydrogens (tertiary/aromatic N) is 1. The van der Waals surface area contributed by atoms with Crippen LogP contribution in [0.1, 0.15) is 37.5 Å². The standard InChI is InChI=1S/C16H27N3OS/c1-2-3-9-19(12-14-6-4-8-17-14)13-16(20)18-11-15-7-5-10-21-15/h5,7,10,14,17H,2-4,6,8-9,11-13H2,1H3,(H,18,20). The van der Waals surface area contributed by atoms with Gasteiger partial charge in [0, 0.05) is 17.5 Å². The quantitative estimate of drug-likeness (QED) is 0.735. The molecule has 0 radical (unpaired) electrons. The summed E-state index contributed by atoms with van der Waals surface area (Å²) in [6.45, 7) is 6.50. The molecular weight excluding hydrogens is 282 g/mol. The summed E-state index contributed by atoms with van der Waals surface area (Å²) < 4.78 is 0.